The number of ether oxygens (including phenoxy) is 3. The number of rotatable bonds is 2. The molecule has 2 atom stereocenters. The van der Waals surface area contributed by atoms with Crippen LogP contribution >= 0.6 is 0 Å². The number of nitrogens with zero attached hydrogens (tertiary/aromatic N) is 1. The van der Waals surface area contributed by atoms with E-state index in [2.05, 4.69) is 0 Å². The maximum atomic E-state index is 12.9. The normalized spacial score (nSPS) is 22.6. The van der Waals surface area contributed by atoms with Crippen molar-refractivity contribution in [1.82, 2.24) is 4.74 Å². The van der Waals surface area contributed by atoms with Crippen molar-refractivity contribution < 1.29 is 38.5 Å². The molecule has 0 spiro atoms. The van der Waals surface area contributed by atoms with Crippen LogP contribution in [0.15, 0.2) is 39.2 Å². The van der Waals surface area contributed by atoms with E-state index in [0.29, 0.717) is 27.6 Å². The molecule has 1 aliphatic carbocycles. The van der Waals surface area contributed by atoms with Gasteiger partial charge in [-0.15, -0.1) is 0 Å². The SMILES string of the molecule is COC(=O)C12Oc3cc4c(c(OC)c3C(O)=C1C(=O)CCC2O)-c1cccc2c(=O)on(c12)C4. The number of methoxy groups -OCH3 is 2. The van der Waals surface area contributed by atoms with Crippen LogP contribution in [0.4, 0.5) is 0 Å². The molecule has 1 fully saturated rings. The molecule has 174 valence electrons. The number of hydrogen-bond acceptors (Lipinski definition) is 9. The van der Waals surface area contributed by atoms with Crippen LogP contribution in [0.1, 0.15) is 24.0 Å². The van der Waals surface area contributed by atoms with E-state index in [1.165, 1.54) is 11.8 Å². The van der Waals surface area contributed by atoms with Crippen LogP contribution < -0.4 is 15.1 Å². The Balaban J connectivity index is 1.70. The number of para-hydroxylation sites is 1. The quantitative estimate of drug-likeness (QED) is 0.425. The van der Waals surface area contributed by atoms with Gasteiger partial charge in [-0.2, -0.15) is 0 Å². The van der Waals surface area contributed by atoms with Crippen molar-refractivity contribution in [3.8, 4) is 22.6 Å². The van der Waals surface area contributed by atoms with Crippen LogP contribution in [0.25, 0.3) is 27.8 Å². The molecule has 0 radical (unpaired) electrons. The lowest BCUT2D eigenvalue weighted by Gasteiger charge is -2.43. The molecule has 2 unspecified atom stereocenters. The third-order valence-corrected chi connectivity index (χ3v) is 6.81. The van der Waals surface area contributed by atoms with Gasteiger partial charge in [0.05, 0.1) is 37.2 Å². The highest BCUT2D eigenvalue weighted by Crippen LogP contribution is 2.54. The number of fused-ring (bicyclic) bond motifs is 4. The van der Waals surface area contributed by atoms with Crippen LogP contribution in [0.2, 0.25) is 0 Å². The molecule has 3 aliphatic rings. The van der Waals surface area contributed by atoms with E-state index < -0.39 is 34.8 Å². The Morgan fingerprint density at radius 1 is 1.24 bits per heavy atom. The molecule has 10 nitrogen and oxygen atoms in total. The van der Waals surface area contributed by atoms with Crippen LogP contribution in [0.3, 0.4) is 0 Å². The first-order chi connectivity index (χ1) is 16.3. The second-order valence-electron chi connectivity index (χ2n) is 8.46. The van der Waals surface area contributed by atoms with Gasteiger partial charge < -0.3 is 28.9 Å². The van der Waals surface area contributed by atoms with Crippen molar-refractivity contribution in [2.45, 2.75) is 31.1 Å². The van der Waals surface area contributed by atoms with E-state index in [-0.39, 0.29) is 42.0 Å². The van der Waals surface area contributed by atoms with Gasteiger partial charge in [0, 0.05) is 17.5 Å². The minimum Gasteiger partial charge on any atom is -0.506 e. The maximum Gasteiger partial charge on any atom is 0.365 e. The predicted octanol–water partition coefficient (Wildman–Crippen LogP) is 1.93. The fraction of sp³-hybridized carbons (Fsp3) is 0.292. The first-order valence-corrected chi connectivity index (χ1v) is 10.6. The number of aliphatic hydroxyl groups excluding tert-OH is 2. The molecule has 2 aliphatic heterocycles. The zero-order chi connectivity index (χ0) is 23.9. The van der Waals surface area contributed by atoms with Crippen molar-refractivity contribution in [3.63, 3.8) is 0 Å². The topological polar surface area (TPSA) is 137 Å². The molecule has 2 aromatic carbocycles. The summed E-state index contributed by atoms with van der Waals surface area (Å²) in [4.78, 5) is 38.1. The largest absolute Gasteiger partial charge is 0.506 e. The number of carbonyl (C=O) groups excluding carboxylic acids is 2. The average Bonchev–Trinajstić information content (AvgIpc) is 3.15. The Hall–Kier alpha value is -4.05. The third kappa shape index (κ3) is 2.30. The standard InChI is InChI=1S/C24H19NO9/c1-31-21-16-10(9-25-19-11(16)4-3-5-12(19)22(29)34-25)8-14-17(21)20(28)18-13(26)6-7-15(27)24(18,33-14)23(30)32-2/h3-5,8,15,27-28H,6-7,9H2,1-2H3. The fourth-order valence-corrected chi connectivity index (χ4v) is 5.38. The number of ketones is 1. The second-order valence-corrected chi connectivity index (χ2v) is 8.46. The summed E-state index contributed by atoms with van der Waals surface area (Å²) in [6, 6.07) is 6.75. The number of carbonyl (C=O) groups is 2. The van der Waals surface area contributed by atoms with Crippen molar-refractivity contribution in [3.05, 3.63) is 51.4 Å². The molecule has 0 saturated heterocycles. The highest BCUT2D eigenvalue weighted by Gasteiger charge is 2.61. The molecule has 34 heavy (non-hydrogen) atoms. The summed E-state index contributed by atoms with van der Waals surface area (Å²) in [7, 11) is 2.52. The van der Waals surface area contributed by atoms with E-state index in [1.54, 1.807) is 24.3 Å². The Morgan fingerprint density at radius 2 is 2.03 bits per heavy atom. The maximum absolute atomic E-state index is 12.9. The molecule has 3 heterocycles. The Morgan fingerprint density at radius 3 is 2.76 bits per heavy atom. The third-order valence-electron chi connectivity index (χ3n) is 6.81. The fourth-order valence-electron chi connectivity index (χ4n) is 5.38. The van der Waals surface area contributed by atoms with Crippen LogP contribution in [0, 0.1) is 0 Å². The highest BCUT2D eigenvalue weighted by atomic mass is 16.6. The van der Waals surface area contributed by atoms with Gasteiger partial charge in [0.15, 0.2) is 5.78 Å². The summed E-state index contributed by atoms with van der Waals surface area (Å²) in [6.07, 6.45) is -1.54. The zero-order valence-corrected chi connectivity index (χ0v) is 18.2. The first kappa shape index (κ1) is 20.5. The van der Waals surface area contributed by atoms with Gasteiger partial charge in [0.1, 0.15) is 28.9 Å². The molecule has 3 aromatic rings. The minimum absolute atomic E-state index is 0.0288. The highest BCUT2D eigenvalue weighted by molar-refractivity contribution is 6.13. The molecular weight excluding hydrogens is 446 g/mol. The molecule has 6 rings (SSSR count). The first-order valence-electron chi connectivity index (χ1n) is 10.6. The molecule has 10 heteroatoms. The van der Waals surface area contributed by atoms with E-state index in [1.807, 2.05) is 0 Å². The van der Waals surface area contributed by atoms with Crippen molar-refractivity contribution in [1.29, 1.82) is 0 Å². The van der Waals surface area contributed by atoms with Gasteiger partial charge in [-0.3, -0.25) is 4.79 Å². The van der Waals surface area contributed by atoms with Gasteiger partial charge >= 0.3 is 11.6 Å². The smallest absolute Gasteiger partial charge is 0.365 e. The van der Waals surface area contributed by atoms with E-state index in [4.69, 9.17) is 18.7 Å². The summed E-state index contributed by atoms with van der Waals surface area (Å²) in [5.74, 6) is -1.82. The molecule has 0 amide bonds. The lowest BCUT2D eigenvalue weighted by atomic mass is 9.73. The Bertz CT molecular complexity index is 1530. The Labute approximate surface area is 191 Å². The number of aliphatic hydroxyl groups is 2. The molecule has 1 aromatic heterocycles. The number of benzene rings is 2. The summed E-state index contributed by atoms with van der Waals surface area (Å²) in [5.41, 5.74) is -0.537. The number of esters is 1. The molecule has 2 N–H and O–H groups in total. The van der Waals surface area contributed by atoms with E-state index >= 15 is 0 Å². The van der Waals surface area contributed by atoms with E-state index in [0.717, 1.165) is 7.11 Å². The number of aromatic nitrogens is 1. The van der Waals surface area contributed by atoms with E-state index in [9.17, 15) is 24.6 Å². The molecular formula is C24H19NO9. The Kier molecular flexibility index (Phi) is 4.07. The van der Waals surface area contributed by atoms with Gasteiger partial charge in [0.25, 0.3) is 5.60 Å². The zero-order valence-electron chi connectivity index (χ0n) is 18.2. The number of hydrogen-bond donors (Lipinski definition) is 2. The second kappa shape index (κ2) is 6.73. The summed E-state index contributed by atoms with van der Waals surface area (Å²) in [5, 5.41) is 22.6. The van der Waals surface area contributed by atoms with Gasteiger partial charge in [-0.25, -0.2) is 14.3 Å². The van der Waals surface area contributed by atoms with Crippen molar-refractivity contribution in [2.75, 3.05) is 14.2 Å². The van der Waals surface area contributed by atoms with Gasteiger partial charge in [0.2, 0.25) is 0 Å². The van der Waals surface area contributed by atoms with Crippen molar-refractivity contribution >= 4 is 28.4 Å². The lowest BCUT2D eigenvalue weighted by molar-refractivity contribution is -0.169. The molecule has 0 bridgehead atoms. The van der Waals surface area contributed by atoms with Crippen LogP contribution in [-0.4, -0.2) is 52.6 Å². The lowest BCUT2D eigenvalue weighted by Crippen LogP contribution is -2.61. The summed E-state index contributed by atoms with van der Waals surface area (Å²) in [6.45, 7) is 0.155. The van der Waals surface area contributed by atoms with Crippen LogP contribution in [-0.2, 0) is 20.9 Å². The minimum atomic E-state index is -2.21. The van der Waals surface area contributed by atoms with Crippen LogP contribution in [0.5, 0.6) is 11.5 Å². The average molecular weight is 465 g/mol. The monoisotopic (exact) mass is 465 g/mol. The van der Waals surface area contributed by atoms with Gasteiger partial charge in [-0.05, 0) is 24.1 Å². The molecule has 1 saturated carbocycles. The predicted molar refractivity (Wildman–Crippen MR) is 117 cm³/mol. The number of Topliss-reactive ketones (excluding diaryl/α,β-unsaturated/α-hetero) is 1. The van der Waals surface area contributed by atoms with Gasteiger partial charge in [-0.1, -0.05) is 12.1 Å². The summed E-state index contributed by atoms with van der Waals surface area (Å²) >= 11 is 0. The van der Waals surface area contributed by atoms with Crippen molar-refractivity contribution in [2.24, 2.45) is 0 Å². The summed E-state index contributed by atoms with van der Waals surface area (Å²) < 4.78 is 23.5.